The number of rotatable bonds is 5. The van der Waals surface area contributed by atoms with E-state index in [2.05, 4.69) is 15.3 Å². The Bertz CT molecular complexity index is 678. The van der Waals surface area contributed by atoms with E-state index in [1.807, 2.05) is 13.8 Å². The normalized spacial score (nSPS) is 10.2. The molecular formula is C13H13ClN4O3. The fourth-order valence-electron chi connectivity index (χ4n) is 1.69. The molecule has 0 bridgehead atoms. The van der Waals surface area contributed by atoms with Gasteiger partial charge >= 0.3 is 11.6 Å². The predicted molar refractivity (Wildman–Crippen MR) is 79.1 cm³/mol. The first-order valence-corrected chi connectivity index (χ1v) is 6.58. The molecular weight excluding hydrogens is 296 g/mol. The van der Waals surface area contributed by atoms with Crippen LogP contribution in [0.1, 0.15) is 12.5 Å². The lowest BCUT2D eigenvalue weighted by Gasteiger charge is -2.09. The van der Waals surface area contributed by atoms with Crippen LogP contribution in [-0.4, -0.2) is 21.4 Å². The molecule has 2 rings (SSSR count). The summed E-state index contributed by atoms with van der Waals surface area (Å²) < 4.78 is 5.48. The number of hydrogen-bond acceptors (Lipinski definition) is 6. The highest BCUT2D eigenvalue weighted by molar-refractivity contribution is 6.32. The number of benzene rings is 1. The van der Waals surface area contributed by atoms with Gasteiger partial charge in [-0.3, -0.25) is 10.1 Å². The zero-order valence-corrected chi connectivity index (χ0v) is 12.2. The molecule has 110 valence electrons. The molecule has 1 N–H and O–H groups in total. The maximum absolute atomic E-state index is 11.2. The smallest absolute Gasteiger partial charge is 0.373 e. The highest BCUT2D eigenvalue weighted by Crippen LogP contribution is 2.36. The Morgan fingerprint density at radius 1 is 1.43 bits per heavy atom. The third-order valence-corrected chi connectivity index (χ3v) is 2.90. The molecule has 0 atom stereocenters. The third kappa shape index (κ3) is 3.38. The largest absolute Gasteiger partial charge is 0.432 e. The van der Waals surface area contributed by atoms with Crippen LogP contribution in [0.2, 0.25) is 5.02 Å². The quantitative estimate of drug-likeness (QED) is 0.670. The van der Waals surface area contributed by atoms with Crippen molar-refractivity contribution in [2.75, 3.05) is 11.9 Å². The van der Waals surface area contributed by atoms with Gasteiger partial charge in [0.2, 0.25) is 5.82 Å². The first-order chi connectivity index (χ1) is 10.0. The molecule has 0 aliphatic carbocycles. The fraction of sp³-hybridized carbons (Fsp3) is 0.231. The molecule has 1 aromatic carbocycles. The number of halogens is 1. The van der Waals surface area contributed by atoms with E-state index in [1.165, 1.54) is 6.33 Å². The van der Waals surface area contributed by atoms with E-state index in [9.17, 15) is 10.1 Å². The zero-order chi connectivity index (χ0) is 15.4. The monoisotopic (exact) mass is 308 g/mol. The van der Waals surface area contributed by atoms with Crippen LogP contribution in [-0.2, 0) is 0 Å². The van der Waals surface area contributed by atoms with Gasteiger partial charge < -0.3 is 10.1 Å². The predicted octanol–water partition coefficient (Wildman–Crippen LogP) is 3.57. The number of nitrogens with one attached hydrogen (secondary N) is 1. The Morgan fingerprint density at radius 2 is 2.19 bits per heavy atom. The van der Waals surface area contributed by atoms with Gasteiger partial charge in [-0.15, -0.1) is 0 Å². The van der Waals surface area contributed by atoms with E-state index < -0.39 is 4.92 Å². The maximum Gasteiger partial charge on any atom is 0.373 e. The fourth-order valence-corrected chi connectivity index (χ4v) is 1.97. The van der Waals surface area contributed by atoms with Gasteiger partial charge in [0.1, 0.15) is 12.1 Å². The molecule has 0 aliphatic heterocycles. The van der Waals surface area contributed by atoms with Crippen LogP contribution < -0.4 is 10.1 Å². The van der Waals surface area contributed by atoms with Crippen molar-refractivity contribution in [3.05, 3.63) is 45.2 Å². The van der Waals surface area contributed by atoms with Crippen LogP contribution in [0, 0.1) is 17.0 Å². The van der Waals surface area contributed by atoms with Crippen molar-refractivity contribution in [1.29, 1.82) is 0 Å². The summed E-state index contributed by atoms with van der Waals surface area (Å²) in [5.41, 5.74) is 0.633. The number of hydrogen-bond donors (Lipinski definition) is 1. The van der Waals surface area contributed by atoms with Crippen LogP contribution in [0.25, 0.3) is 0 Å². The minimum absolute atomic E-state index is 0.107. The van der Waals surface area contributed by atoms with E-state index >= 15 is 0 Å². The molecule has 0 aliphatic rings. The van der Waals surface area contributed by atoms with Crippen LogP contribution in [0.15, 0.2) is 24.5 Å². The SMILES string of the molecule is CCNc1ncnc(Oc2ccc(C)cc2Cl)c1[N+](=O)[O-]. The third-order valence-electron chi connectivity index (χ3n) is 2.61. The zero-order valence-electron chi connectivity index (χ0n) is 11.5. The van der Waals surface area contributed by atoms with E-state index in [0.717, 1.165) is 5.56 Å². The lowest BCUT2D eigenvalue weighted by Crippen LogP contribution is -2.06. The summed E-state index contributed by atoms with van der Waals surface area (Å²) in [7, 11) is 0. The van der Waals surface area contributed by atoms with Gasteiger partial charge in [0.05, 0.1) is 9.95 Å². The lowest BCUT2D eigenvalue weighted by molar-refractivity contribution is -0.385. The second-order valence-electron chi connectivity index (χ2n) is 4.20. The summed E-state index contributed by atoms with van der Waals surface area (Å²) >= 11 is 6.06. The van der Waals surface area contributed by atoms with E-state index in [-0.39, 0.29) is 17.4 Å². The molecule has 0 saturated heterocycles. The highest BCUT2D eigenvalue weighted by Gasteiger charge is 2.25. The number of aryl methyl sites for hydroxylation is 1. The molecule has 0 radical (unpaired) electrons. The number of aromatic nitrogens is 2. The van der Waals surface area contributed by atoms with E-state index in [0.29, 0.717) is 17.3 Å². The van der Waals surface area contributed by atoms with Crippen LogP contribution in [0.3, 0.4) is 0 Å². The van der Waals surface area contributed by atoms with E-state index in [4.69, 9.17) is 16.3 Å². The average Bonchev–Trinajstić information content (AvgIpc) is 2.42. The van der Waals surface area contributed by atoms with Crippen molar-refractivity contribution in [3.8, 4) is 11.6 Å². The minimum Gasteiger partial charge on any atom is -0.432 e. The van der Waals surface area contributed by atoms with Crippen molar-refractivity contribution in [3.63, 3.8) is 0 Å². The molecule has 8 heteroatoms. The first-order valence-electron chi connectivity index (χ1n) is 6.20. The van der Waals surface area contributed by atoms with Crippen molar-refractivity contribution < 1.29 is 9.66 Å². The van der Waals surface area contributed by atoms with Gasteiger partial charge in [-0.05, 0) is 31.5 Å². The lowest BCUT2D eigenvalue weighted by atomic mass is 10.2. The molecule has 2 aromatic rings. The Kier molecular flexibility index (Phi) is 4.54. The van der Waals surface area contributed by atoms with Crippen LogP contribution in [0.5, 0.6) is 11.6 Å². The van der Waals surface area contributed by atoms with Gasteiger partial charge in [-0.1, -0.05) is 17.7 Å². The molecule has 0 saturated carbocycles. The van der Waals surface area contributed by atoms with Crippen molar-refractivity contribution in [1.82, 2.24) is 9.97 Å². The molecule has 21 heavy (non-hydrogen) atoms. The Balaban J connectivity index is 2.43. The molecule has 0 amide bonds. The van der Waals surface area contributed by atoms with Crippen LogP contribution in [0.4, 0.5) is 11.5 Å². The Hall–Kier alpha value is -2.41. The molecule has 1 aromatic heterocycles. The molecule has 0 spiro atoms. The van der Waals surface area contributed by atoms with Crippen molar-refractivity contribution in [2.45, 2.75) is 13.8 Å². The summed E-state index contributed by atoms with van der Waals surface area (Å²) in [6, 6.07) is 5.13. The maximum atomic E-state index is 11.2. The molecule has 0 unspecified atom stereocenters. The van der Waals surface area contributed by atoms with Crippen molar-refractivity contribution in [2.24, 2.45) is 0 Å². The highest BCUT2D eigenvalue weighted by atomic mass is 35.5. The standard InChI is InChI=1S/C13H13ClN4O3/c1-3-15-12-11(18(19)20)13(17-7-16-12)21-10-5-4-8(2)6-9(10)14/h4-7H,3H2,1-2H3,(H,15,16,17). The van der Waals surface area contributed by atoms with Gasteiger partial charge in [0.25, 0.3) is 0 Å². The summed E-state index contributed by atoms with van der Waals surface area (Å²) in [5, 5.41) is 14.4. The summed E-state index contributed by atoms with van der Waals surface area (Å²) in [6.07, 6.45) is 1.20. The van der Waals surface area contributed by atoms with Gasteiger partial charge in [0, 0.05) is 6.54 Å². The molecule has 7 nitrogen and oxygen atoms in total. The second kappa shape index (κ2) is 6.36. The molecule has 1 heterocycles. The number of nitro groups is 1. The summed E-state index contributed by atoms with van der Waals surface area (Å²) in [4.78, 5) is 18.3. The van der Waals surface area contributed by atoms with Gasteiger partial charge in [-0.2, -0.15) is 4.98 Å². The second-order valence-corrected chi connectivity index (χ2v) is 4.61. The average molecular weight is 309 g/mol. The number of anilines is 1. The summed E-state index contributed by atoms with van der Waals surface area (Å²) in [6.45, 7) is 4.18. The Morgan fingerprint density at radius 3 is 2.81 bits per heavy atom. The topological polar surface area (TPSA) is 90.2 Å². The molecule has 0 fully saturated rings. The van der Waals surface area contributed by atoms with Crippen LogP contribution >= 0.6 is 11.6 Å². The number of ether oxygens (including phenoxy) is 1. The van der Waals surface area contributed by atoms with E-state index in [1.54, 1.807) is 18.2 Å². The Labute approximate surface area is 126 Å². The number of nitrogens with zero attached hydrogens (tertiary/aromatic N) is 3. The van der Waals surface area contributed by atoms with Gasteiger partial charge in [-0.25, -0.2) is 4.98 Å². The van der Waals surface area contributed by atoms with Crippen molar-refractivity contribution >= 4 is 23.1 Å². The minimum atomic E-state index is -0.588. The summed E-state index contributed by atoms with van der Waals surface area (Å²) in [5.74, 6) is 0.249. The van der Waals surface area contributed by atoms with Gasteiger partial charge in [0.15, 0.2) is 0 Å². The first kappa shape index (κ1) is 15.0.